The fourth-order valence-corrected chi connectivity index (χ4v) is 9.17. The van der Waals surface area contributed by atoms with E-state index < -0.39 is 0 Å². The minimum Gasteiger partial charge on any atom is -0.455 e. The van der Waals surface area contributed by atoms with E-state index in [-0.39, 0.29) is 0 Å². The Bertz CT molecular complexity index is 3660. The summed E-state index contributed by atoms with van der Waals surface area (Å²) in [7, 11) is 0. The van der Waals surface area contributed by atoms with Gasteiger partial charge in [0, 0.05) is 38.6 Å². The van der Waals surface area contributed by atoms with Crippen molar-refractivity contribution in [3.63, 3.8) is 0 Å². The van der Waals surface area contributed by atoms with Gasteiger partial charge in [0.05, 0.1) is 0 Å². The van der Waals surface area contributed by atoms with Gasteiger partial charge >= 0.3 is 0 Å². The summed E-state index contributed by atoms with van der Waals surface area (Å²) in [6.07, 6.45) is 0. The summed E-state index contributed by atoms with van der Waals surface area (Å²) in [6.45, 7) is 0. The summed E-state index contributed by atoms with van der Waals surface area (Å²) < 4.78 is 7.02. The van der Waals surface area contributed by atoms with Crippen molar-refractivity contribution in [1.29, 1.82) is 0 Å². The minimum absolute atomic E-state index is 0.578. The molecular weight excluding hydrogens is 815 g/mol. The van der Waals surface area contributed by atoms with Crippen molar-refractivity contribution in [1.82, 2.24) is 15.0 Å². The van der Waals surface area contributed by atoms with Crippen LogP contribution in [-0.2, 0) is 0 Å². The number of nitrogens with zero attached hydrogens (tertiary/aromatic N) is 3. The summed E-state index contributed by atoms with van der Waals surface area (Å²) in [5.74, 6) is 1.76. The van der Waals surface area contributed by atoms with Crippen LogP contribution >= 0.6 is 0 Å². The van der Waals surface area contributed by atoms with Gasteiger partial charge in [-0.3, -0.25) is 0 Å². The standard InChI is InChI=1S/C63H41N3O/c1-6-19-42(20-7-1)47-29-16-31-49(35-47)61-64-62(66-63(65-61)54-38-51(43-21-8-2-9-22-43)37-52(39-54)44-23-10-3-11-24-44)50-32-17-30-48(36-50)55-33-18-34-56-58-41-53(45-25-12-4-13-26-45)40-57(60(58)67-59(55)56)46-27-14-5-15-28-46/h1-41H. The lowest BCUT2D eigenvalue weighted by Crippen LogP contribution is -2.01. The SMILES string of the molecule is c1ccc(-c2cccc(-c3nc(-c4cc(-c5ccccc5)cc(-c5ccccc5)c4)nc(-c4cccc(-c5cccc6c5oc5c(-c7ccccc7)cc(-c7ccccc7)cc56)c4)n3)c2)cc1. The highest BCUT2D eigenvalue weighted by molar-refractivity contribution is 6.14. The first kappa shape index (κ1) is 39.6. The molecule has 0 atom stereocenters. The number of hydrogen-bond donors (Lipinski definition) is 0. The second-order valence-corrected chi connectivity index (χ2v) is 16.8. The maximum Gasteiger partial charge on any atom is 0.164 e. The first-order chi connectivity index (χ1) is 33.2. The molecule has 0 aliphatic carbocycles. The Hall–Kier alpha value is -8.99. The van der Waals surface area contributed by atoms with E-state index in [1.165, 1.54) is 0 Å². The molecule has 0 N–H and O–H groups in total. The van der Waals surface area contributed by atoms with Gasteiger partial charge in [-0.15, -0.1) is 0 Å². The number of fused-ring (bicyclic) bond motifs is 3. The predicted octanol–water partition coefficient (Wildman–Crippen LogP) is 16.8. The molecule has 0 radical (unpaired) electrons. The van der Waals surface area contributed by atoms with Crippen molar-refractivity contribution in [2.75, 3.05) is 0 Å². The number of furan rings is 1. The lowest BCUT2D eigenvalue weighted by Gasteiger charge is -2.13. The van der Waals surface area contributed by atoms with Crippen molar-refractivity contribution in [3.8, 4) is 101 Å². The van der Waals surface area contributed by atoms with Gasteiger partial charge in [-0.25, -0.2) is 15.0 Å². The second-order valence-electron chi connectivity index (χ2n) is 16.8. The normalized spacial score (nSPS) is 11.3. The van der Waals surface area contributed by atoms with Crippen LogP contribution < -0.4 is 0 Å². The topological polar surface area (TPSA) is 51.8 Å². The smallest absolute Gasteiger partial charge is 0.164 e. The molecule has 0 spiro atoms. The summed E-state index contributed by atoms with van der Waals surface area (Å²) in [5.41, 5.74) is 17.4. The van der Waals surface area contributed by atoms with Gasteiger partial charge in [-0.2, -0.15) is 0 Å². The highest BCUT2D eigenvalue weighted by atomic mass is 16.3. The van der Waals surface area contributed by atoms with E-state index in [0.717, 1.165) is 105 Å². The Balaban J connectivity index is 1.04. The van der Waals surface area contributed by atoms with E-state index in [0.29, 0.717) is 17.5 Å². The molecule has 4 nitrogen and oxygen atoms in total. The van der Waals surface area contributed by atoms with Crippen molar-refractivity contribution >= 4 is 21.9 Å². The van der Waals surface area contributed by atoms with Crippen LogP contribution in [0.1, 0.15) is 0 Å². The number of benzene rings is 10. The largest absolute Gasteiger partial charge is 0.455 e. The third kappa shape index (κ3) is 7.77. The van der Waals surface area contributed by atoms with Gasteiger partial charge in [0.2, 0.25) is 0 Å². The van der Waals surface area contributed by atoms with Crippen LogP contribution in [0.4, 0.5) is 0 Å². The van der Waals surface area contributed by atoms with Gasteiger partial charge < -0.3 is 4.42 Å². The fraction of sp³-hybridized carbons (Fsp3) is 0. The molecule has 0 aliphatic rings. The second kappa shape index (κ2) is 17.2. The van der Waals surface area contributed by atoms with Crippen LogP contribution in [-0.4, -0.2) is 15.0 Å². The van der Waals surface area contributed by atoms with Gasteiger partial charge in [0.15, 0.2) is 17.5 Å². The van der Waals surface area contributed by atoms with Crippen LogP contribution in [0.3, 0.4) is 0 Å². The van der Waals surface area contributed by atoms with Crippen LogP contribution in [0.2, 0.25) is 0 Å². The van der Waals surface area contributed by atoms with Crippen LogP contribution in [0.25, 0.3) is 123 Å². The molecule has 12 aromatic rings. The molecule has 0 saturated carbocycles. The third-order valence-electron chi connectivity index (χ3n) is 12.5. The van der Waals surface area contributed by atoms with E-state index in [4.69, 9.17) is 19.4 Å². The molecule has 10 aromatic carbocycles. The van der Waals surface area contributed by atoms with Crippen molar-refractivity contribution < 1.29 is 4.42 Å². The first-order valence-corrected chi connectivity index (χ1v) is 22.6. The van der Waals surface area contributed by atoms with E-state index in [2.05, 4.69) is 231 Å². The Morgan fingerprint density at radius 3 is 1.10 bits per heavy atom. The van der Waals surface area contributed by atoms with Crippen molar-refractivity contribution in [3.05, 3.63) is 249 Å². The number of hydrogen-bond acceptors (Lipinski definition) is 4. The Morgan fingerprint density at radius 2 is 0.567 bits per heavy atom. The van der Waals surface area contributed by atoms with Crippen molar-refractivity contribution in [2.24, 2.45) is 0 Å². The molecule has 0 aliphatic heterocycles. The summed E-state index contributed by atoms with van der Waals surface area (Å²) in [4.78, 5) is 15.9. The molecular formula is C63H41N3O. The van der Waals surface area contributed by atoms with Crippen molar-refractivity contribution in [2.45, 2.75) is 0 Å². The minimum atomic E-state index is 0.578. The lowest BCUT2D eigenvalue weighted by atomic mass is 9.95. The molecule has 2 heterocycles. The zero-order valence-corrected chi connectivity index (χ0v) is 36.4. The summed E-state index contributed by atoms with van der Waals surface area (Å²) >= 11 is 0. The van der Waals surface area contributed by atoms with Gasteiger partial charge in [-0.1, -0.05) is 206 Å². The maximum atomic E-state index is 7.02. The summed E-state index contributed by atoms with van der Waals surface area (Å²) in [5, 5.41) is 2.13. The van der Waals surface area contributed by atoms with Gasteiger partial charge in [0.25, 0.3) is 0 Å². The molecule has 0 unspecified atom stereocenters. The first-order valence-electron chi connectivity index (χ1n) is 22.6. The number of rotatable bonds is 9. The fourth-order valence-electron chi connectivity index (χ4n) is 9.17. The molecule has 67 heavy (non-hydrogen) atoms. The van der Waals surface area contributed by atoms with Crippen LogP contribution in [0.5, 0.6) is 0 Å². The molecule has 0 bridgehead atoms. The summed E-state index contributed by atoms with van der Waals surface area (Å²) in [6, 6.07) is 87.0. The Morgan fingerprint density at radius 1 is 0.209 bits per heavy atom. The molecule has 0 amide bonds. The molecule has 4 heteroatoms. The number of para-hydroxylation sites is 1. The molecule has 2 aromatic heterocycles. The zero-order chi connectivity index (χ0) is 44.5. The van der Waals surface area contributed by atoms with E-state index in [1.807, 2.05) is 18.2 Å². The monoisotopic (exact) mass is 855 g/mol. The Labute approximate surface area is 389 Å². The average Bonchev–Trinajstić information content (AvgIpc) is 3.81. The number of aromatic nitrogens is 3. The molecule has 0 fully saturated rings. The van der Waals surface area contributed by atoms with E-state index in [1.54, 1.807) is 0 Å². The lowest BCUT2D eigenvalue weighted by molar-refractivity contribution is 0.671. The zero-order valence-electron chi connectivity index (χ0n) is 36.4. The van der Waals surface area contributed by atoms with E-state index >= 15 is 0 Å². The molecule has 0 saturated heterocycles. The highest BCUT2D eigenvalue weighted by Crippen LogP contribution is 2.43. The van der Waals surface area contributed by atoms with Gasteiger partial charge in [-0.05, 0) is 98.1 Å². The van der Waals surface area contributed by atoms with Crippen LogP contribution in [0, 0.1) is 0 Å². The third-order valence-corrected chi connectivity index (χ3v) is 12.5. The average molecular weight is 856 g/mol. The van der Waals surface area contributed by atoms with E-state index in [9.17, 15) is 0 Å². The maximum absolute atomic E-state index is 7.02. The Kier molecular flexibility index (Phi) is 10.2. The molecule has 314 valence electrons. The predicted molar refractivity (Wildman–Crippen MR) is 276 cm³/mol. The highest BCUT2D eigenvalue weighted by Gasteiger charge is 2.20. The molecule has 12 rings (SSSR count). The van der Waals surface area contributed by atoms with Gasteiger partial charge in [0.1, 0.15) is 11.2 Å². The quantitative estimate of drug-likeness (QED) is 0.145. The van der Waals surface area contributed by atoms with Crippen LogP contribution in [0.15, 0.2) is 253 Å².